The van der Waals surface area contributed by atoms with Crippen LogP contribution in [0.5, 0.6) is 0 Å². The Morgan fingerprint density at radius 3 is 2.61 bits per heavy atom. The van der Waals surface area contributed by atoms with E-state index in [0.29, 0.717) is 11.6 Å². The van der Waals surface area contributed by atoms with Crippen molar-refractivity contribution in [1.82, 2.24) is 0 Å². The van der Waals surface area contributed by atoms with E-state index in [1.807, 2.05) is 24.3 Å². The summed E-state index contributed by atoms with van der Waals surface area (Å²) in [6.45, 7) is 1.85. The number of halogens is 1. The summed E-state index contributed by atoms with van der Waals surface area (Å²) in [5.41, 5.74) is 6.78. The lowest BCUT2D eigenvalue weighted by Crippen LogP contribution is -2.35. The summed E-state index contributed by atoms with van der Waals surface area (Å²) < 4.78 is 5.32. The van der Waals surface area contributed by atoms with Crippen molar-refractivity contribution in [3.8, 4) is 0 Å². The van der Waals surface area contributed by atoms with E-state index in [0.717, 1.165) is 31.6 Å². The number of hydrogen-bond acceptors (Lipinski definition) is 3. The first-order chi connectivity index (χ1) is 8.74. The molecule has 0 radical (unpaired) electrons. The number of nitrogens with two attached hydrogens (primary N) is 1. The zero-order chi connectivity index (χ0) is 13.0. The van der Waals surface area contributed by atoms with E-state index in [-0.39, 0.29) is 11.8 Å². The van der Waals surface area contributed by atoms with Gasteiger partial charge in [0, 0.05) is 30.7 Å². The Hall–Kier alpha value is -0.610. The normalized spacial score (nSPS) is 20.6. The standard InChI is InChI=1S/C14H20ClNO2/c15-13-4-2-1-3-11(13)12(9-16)14(17)10-5-7-18-8-6-10/h1-4,10,12,14,17H,5-9,16H2. The van der Waals surface area contributed by atoms with Gasteiger partial charge in [-0.2, -0.15) is 0 Å². The van der Waals surface area contributed by atoms with Gasteiger partial charge in [0.15, 0.2) is 0 Å². The van der Waals surface area contributed by atoms with Crippen LogP contribution in [0.2, 0.25) is 5.02 Å². The van der Waals surface area contributed by atoms with Crippen LogP contribution in [-0.4, -0.2) is 31.0 Å². The van der Waals surface area contributed by atoms with Gasteiger partial charge in [0.1, 0.15) is 0 Å². The molecule has 0 amide bonds. The lowest BCUT2D eigenvalue weighted by atomic mass is 9.82. The Labute approximate surface area is 113 Å². The maximum atomic E-state index is 10.5. The van der Waals surface area contributed by atoms with Gasteiger partial charge in [0.25, 0.3) is 0 Å². The first-order valence-electron chi connectivity index (χ1n) is 6.44. The molecule has 0 saturated carbocycles. The summed E-state index contributed by atoms with van der Waals surface area (Å²) in [6.07, 6.45) is 1.34. The molecule has 2 atom stereocenters. The Kier molecular flexibility index (Phi) is 5.01. The maximum Gasteiger partial charge on any atom is 0.0651 e. The fourth-order valence-electron chi connectivity index (χ4n) is 2.61. The first kappa shape index (κ1) is 13.8. The molecule has 1 aliphatic heterocycles. The lowest BCUT2D eigenvalue weighted by molar-refractivity contribution is -0.00193. The molecule has 18 heavy (non-hydrogen) atoms. The molecule has 1 aromatic rings. The molecule has 100 valence electrons. The van der Waals surface area contributed by atoms with Crippen LogP contribution in [0.4, 0.5) is 0 Å². The van der Waals surface area contributed by atoms with Gasteiger partial charge >= 0.3 is 0 Å². The third-order valence-electron chi connectivity index (χ3n) is 3.72. The zero-order valence-electron chi connectivity index (χ0n) is 10.4. The second-order valence-corrected chi connectivity index (χ2v) is 5.21. The lowest BCUT2D eigenvalue weighted by Gasteiger charge is -2.32. The summed E-state index contributed by atoms with van der Waals surface area (Å²) in [4.78, 5) is 0. The molecule has 1 aliphatic rings. The van der Waals surface area contributed by atoms with Gasteiger partial charge in [0.2, 0.25) is 0 Å². The predicted molar refractivity (Wildman–Crippen MR) is 72.8 cm³/mol. The Morgan fingerprint density at radius 1 is 1.33 bits per heavy atom. The Bertz CT molecular complexity index is 380. The van der Waals surface area contributed by atoms with Crippen LogP contribution in [-0.2, 0) is 4.74 Å². The number of aliphatic hydroxyl groups excluding tert-OH is 1. The Balaban J connectivity index is 2.14. The van der Waals surface area contributed by atoms with Crippen molar-refractivity contribution in [1.29, 1.82) is 0 Å². The molecular formula is C14H20ClNO2. The maximum absolute atomic E-state index is 10.5. The molecule has 1 fully saturated rings. The van der Waals surface area contributed by atoms with Gasteiger partial charge in [0.05, 0.1) is 6.10 Å². The van der Waals surface area contributed by atoms with Gasteiger partial charge in [-0.05, 0) is 30.4 Å². The number of ether oxygens (including phenoxy) is 1. The minimum absolute atomic E-state index is 0.0956. The fourth-order valence-corrected chi connectivity index (χ4v) is 2.89. The molecule has 3 nitrogen and oxygen atoms in total. The highest BCUT2D eigenvalue weighted by atomic mass is 35.5. The number of hydrogen-bond donors (Lipinski definition) is 2. The highest BCUT2D eigenvalue weighted by molar-refractivity contribution is 6.31. The number of aliphatic hydroxyl groups is 1. The van der Waals surface area contributed by atoms with Crippen molar-refractivity contribution in [2.24, 2.45) is 11.7 Å². The molecule has 0 spiro atoms. The summed E-state index contributed by atoms with van der Waals surface area (Å²) in [7, 11) is 0. The minimum Gasteiger partial charge on any atom is -0.392 e. The van der Waals surface area contributed by atoms with E-state index >= 15 is 0 Å². The predicted octanol–water partition coefficient (Wildman–Crippen LogP) is 2.17. The minimum atomic E-state index is -0.446. The third-order valence-corrected chi connectivity index (χ3v) is 4.06. The molecule has 1 heterocycles. The van der Waals surface area contributed by atoms with E-state index in [1.54, 1.807) is 0 Å². The Morgan fingerprint density at radius 2 is 2.00 bits per heavy atom. The quantitative estimate of drug-likeness (QED) is 0.881. The van der Waals surface area contributed by atoms with Gasteiger partial charge in [-0.1, -0.05) is 29.8 Å². The average Bonchev–Trinajstić information content (AvgIpc) is 2.42. The van der Waals surface area contributed by atoms with Crippen molar-refractivity contribution in [2.75, 3.05) is 19.8 Å². The van der Waals surface area contributed by atoms with Crippen LogP contribution in [0.1, 0.15) is 24.3 Å². The summed E-state index contributed by atoms with van der Waals surface area (Å²) in [5.74, 6) is 0.158. The van der Waals surface area contributed by atoms with Crippen LogP contribution >= 0.6 is 11.6 Å². The molecule has 0 aromatic heterocycles. The highest BCUT2D eigenvalue weighted by Gasteiger charge is 2.30. The molecule has 2 unspecified atom stereocenters. The SMILES string of the molecule is NCC(c1ccccc1Cl)C(O)C1CCOCC1. The smallest absolute Gasteiger partial charge is 0.0651 e. The summed E-state index contributed by atoms with van der Waals surface area (Å²) in [5, 5.41) is 11.2. The molecule has 1 saturated heterocycles. The molecule has 1 aromatic carbocycles. The average molecular weight is 270 g/mol. The van der Waals surface area contributed by atoms with E-state index in [9.17, 15) is 5.11 Å². The zero-order valence-corrected chi connectivity index (χ0v) is 11.1. The molecule has 4 heteroatoms. The second kappa shape index (κ2) is 6.53. The highest BCUT2D eigenvalue weighted by Crippen LogP contribution is 2.32. The summed E-state index contributed by atoms with van der Waals surface area (Å²) >= 11 is 6.19. The van der Waals surface area contributed by atoms with Crippen LogP contribution in [0.25, 0.3) is 0 Å². The second-order valence-electron chi connectivity index (χ2n) is 4.80. The van der Waals surface area contributed by atoms with Crippen molar-refractivity contribution in [2.45, 2.75) is 24.9 Å². The van der Waals surface area contributed by atoms with Crippen molar-refractivity contribution in [3.63, 3.8) is 0 Å². The van der Waals surface area contributed by atoms with Crippen molar-refractivity contribution >= 4 is 11.6 Å². The van der Waals surface area contributed by atoms with Crippen LogP contribution < -0.4 is 5.73 Å². The van der Waals surface area contributed by atoms with Crippen LogP contribution in [0.3, 0.4) is 0 Å². The van der Waals surface area contributed by atoms with Crippen LogP contribution in [0.15, 0.2) is 24.3 Å². The molecule has 3 N–H and O–H groups in total. The largest absolute Gasteiger partial charge is 0.392 e. The van der Waals surface area contributed by atoms with Crippen molar-refractivity contribution in [3.05, 3.63) is 34.9 Å². The van der Waals surface area contributed by atoms with Gasteiger partial charge < -0.3 is 15.6 Å². The molecule has 0 aliphatic carbocycles. The van der Waals surface area contributed by atoms with Gasteiger partial charge in [-0.25, -0.2) is 0 Å². The third kappa shape index (κ3) is 3.04. The number of rotatable bonds is 4. The first-order valence-corrected chi connectivity index (χ1v) is 6.82. The van der Waals surface area contributed by atoms with Gasteiger partial charge in [-0.15, -0.1) is 0 Å². The summed E-state index contributed by atoms with van der Waals surface area (Å²) in [6, 6.07) is 7.61. The van der Waals surface area contributed by atoms with E-state index in [1.165, 1.54) is 0 Å². The monoisotopic (exact) mass is 269 g/mol. The molecular weight excluding hydrogens is 250 g/mol. The number of benzene rings is 1. The topological polar surface area (TPSA) is 55.5 Å². The fraction of sp³-hybridized carbons (Fsp3) is 0.571. The molecule has 2 rings (SSSR count). The van der Waals surface area contributed by atoms with Crippen molar-refractivity contribution < 1.29 is 9.84 Å². The van der Waals surface area contributed by atoms with E-state index in [2.05, 4.69) is 0 Å². The van der Waals surface area contributed by atoms with Gasteiger partial charge in [-0.3, -0.25) is 0 Å². The van der Waals surface area contributed by atoms with E-state index < -0.39 is 6.10 Å². The van der Waals surface area contributed by atoms with E-state index in [4.69, 9.17) is 22.1 Å². The molecule has 0 bridgehead atoms. The van der Waals surface area contributed by atoms with Crippen LogP contribution in [0, 0.1) is 5.92 Å².